The molecule has 0 fully saturated rings. The van der Waals surface area contributed by atoms with E-state index in [1.807, 2.05) is 44.2 Å². The maximum atomic E-state index is 13.1. The molecule has 0 unspecified atom stereocenters. The SMILES string of the molecule is CCCNC(=O)[C@@H](C)N(Cc1cccc(C)c1)C(=O)CSCc1ccc(Cl)cc1Cl. The van der Waals surface area contributed by atoms with E-state index in [-0.39, 0.29) is 17.6 Å². The van der Waals surface area contributed by atoms with E-state index in [1.54, 1.807) is 24.0 Å². The minimum atomic E-state index is -0.552. The molecule has 0 saturated carbocycles. The predicted molar refractivity (Wildman–Crippen MR) is 127 cm³/mol. The van der Waals surface area contributed by atoms with Crippen molar-refractivity contribution in [2.75, 3.05) is 12.3 Å². The maximum absolute atomic E-state index is 13.1. The second kappa shape index (κ2) is 12.2. The molecule has 2 rings (SSSR count). The van der Waals surface area contributed by atoms with Crippen molar-refractivity contribution in [3.8, 4) is 0 Å². The third-order valence-electron chi connectivity index (χ3n) is 4.65. The Morgan fingerprint density at radius 3 is 2.60 bits per heavy atom. The molecule has 1 atom stereocenters. The van der Waals surface area contributed by atoms with Gasteiger partial charge >= 0.3 is 0 Å². The molecule has 0 bridgehead atoms. The molecule has 0 aliphatic carbocycles. The molecule has 0 aromatic heterocycles. The number of aryl methyl sites for hydroxylation is 1. The van der Waals surface area contributed by atoms with Gasteiger partial charge in [0.05, 0.1) is 5.75 Å². The van der Waals surface area contributed by atoms with Crippen molar-refractivity contribution < 1.29 is 9.59 Å². The van der Waals surface area contributed by atoms with Crippen LogP contribution in [0.25, 0.3) is 0 Å². The van der Waals surface area contributed by atoms with Crippen LogP contribution in [0.5, 0.6) is 0 Å². The second-order valence-electron chi connectivity index (χ2n) is 7.21. The summed E-state index contributed by atoms with van der Waals surface area (Å²) in [6.07, 6.45) is 0.849. The number of benzene rings is 2. The van der Waals surface area contributed by atoms with Gasteiger partial charge in [-0.1, -0.05) is 66.0 Å². The summed E-state index contributed by atoms with van der Waals surface area (Å²) < 4.78 is 0. The van der Waals surface area contributed by atoms with Crippen LogP contribution in [0.4, 0.5) is 0 Å². The number of hydrogen-bond acceptors (Lipinski definition) is 3. The number of halogens is 2. The van der Waals surface area contributed by atoms with Crippen LogP contribution >= 0.6 is 35.0 Å². The highest BCUT2D eigenvalue weighted by Gasteiger charge is 2.25. The third-order valence-corrected chi connectivity index (χ3v) is 6.20. The quantitative estimate of drug-likeness (QED) is 0.504. The van der Waals surface area contributed by atoms with Crippen LogP contribution in [-0.4, -0.2) is 35.1 Å². The number of rotatable bonds is 10. The van der Waals surface area contributed by atoms with Crippen LogP contribution in [-0.2, 0) is 21.9 Å². The highest BCUT2D eigenvalue weighted by molar-refractivity contribution is 7.99. The Morgan fingerprint density at radius 2 is 1.93 bits per heavy atom. The molecule has 2 amide bonds. The maximum Gasteiger partial charge on any atom is 0.242 e. The fourth-order valence-electron chi connectivity index (χ4n) is 2.96. The van der Waals surface area contributed by atoms with Crippen molar-refractivity contribution in [3.05, 3.63) is 69.2 Å². The summed E-state index contributed by atoms with van der Waals surface area (Å²) in [5, 5.41) is 4.06. The first-order valence-electron chi connectivity index (χ1n) is 9.96. The number of nitrogens with one attached hydrogen (secondary N) is 1. The zero-order chi connectivity index (χ0) is 22.1. The van der Waals surface area contributed by atoms with E-state index in [4.69, 9.17) is 23.2 Å². The lowest BCUT2D eigenvalue weighted by atomic mass is 10.1. The molecule has 0 spiro atoms. The summed E-state index contributed by atoms with van der Waals surface area (Å²) in [5.74, 6) is 0.640. The van der Waals surface area contributed by atoms with E-state index < -0.39 is 6.04 Å². The zero-order valence-electron chi connectivity index (χ0n) is 17.6. The van der Waals surface area contributed by atoms with Gasteiger partial charge in [0.2, 0.25) is 11.8 Å². The molecule has 30 heavy (non-hydrogen) atoms. The molecule has 0 aliphatic rings. The van der Waals surface area contributed by atoms with Crippen molar-refractivity contribution in [2.45, 2.75) is 45.5 Å². The lowest BCUT2D eigenvalue weighted by Gasteiger charge is -2.29. The van der Waals surface area contributed by atoms with Gasteiger partial charge in [-0.15, -0.1) is 11.8 Å². The molecule has 0 heterocycles. The summed E-state index contributed by atoms with van der Waals surface area (Å²) in [6.45, 7) is 6.78. The molecule has 0 radical (unpaired) electrons. The largest absolute Gasteiger partial charge is 0.354 e. The number of carbonyl (C=O) groups is 2. The molecule has 4 nitrogen and oxygen atoms in total. The lowest BCUT2D eigenvalue weighted by molar-refractivity contribution is -0.138. The van der Waals surface area contributed by atoms with Gasteiger partial charge in [-0.3, -0.25) is 9.59 Å². The Morgan fingerprint density at radius 1 is 1.17 bits per heavy atom. The van der Waals surface area contributed by atoms with E-state index in [1.165, 1.54) is 11.8 Å². The minimum absolute atomic E-state index is 0.0780. The van der Waals surface area contributed by atoms with Gasteiger partial charge in [-0.25, -0.2) is 0 Å². The first-order valence-corrected chi connectivity index (χ1v) is 11.9. The Labute approximate surface area is 193 Å². The monoisotopic (exact) mass is 466 g/mol. The second-order valence-corrected chi connectivity index (χ2v) is 9.04. The topological polar surface area (TPSA) is 49.4 Å². The van der Waals surface area contributed by atoms with Crippen LogP contribution < -0.4 is 5.32 Å². The summed E-state index contributed by atoms with van der Waals surface area (Å²) in [6, 6.07) is 12.8. The first-order chi connectivity index (χ1) is 14.3. The Hall–Kier alpha value is -1.69. The number of thioether (sulfide) groups is 1. The van der Waals surface area contributed by atoms with Gasteiger partial charge < -0.3 is 10.2 Å². The molecule has 2 aromatic rings. The average Bonchev–Trinajstić information content (AvgIpc) is 2.71. The Balaban J connectivity index is 2.07. The van der Waals surface area contributed by atoms with E-state index in [0.717, 1.165) is 23.1 Å². The molecular formula is C23H28Cl2N2O2S. The third kappa shape index (κ3) is 7.53. The Kier molecular flexibility index (Phi) is 10.0. The zero-order valence-corrected chi connectivity index (χ0v) is 19.9. The van der Waals surface area contributed by atoms with Gasteiger partial charge in [-0.2, -0.15) is 0 Å². The van der Waals surface area contributed by atoms with Crippen molar-refractivity contribution in [2.24, 2.45) is 0 Å². The Bertz CT molecular complexity index is 876. The molecule has 2 aromatic carbocycles. The van der Waals surface area contributed by atoms with Crippen LogP contribution in [0, 0.1) is 6.92 Å². The number of hydrogen-bond donors (Lipinski definition) is 1. The molecule has 7 heteroatoms. The molecular weight excluding hydrogens is 439 g/mol. The summed E-state index contributed by atoms with van der Waals surface area (Å²) >= 11 is 13.6. The smallest absolute Gasteiger partial charge is 0.242 e. The number of carbonyl (C=O) groups excluding carboxylic acids is 2. The van der Waals surface area contributed by atoms with Crippen LogP contribution in [0.2, 0.25) is 10.0 Å². The van der Waals surface area contributed by atoms with Gasteiger partial charge in [0.1, 0.15) is 6.04 Å². The van der Waals surface area contributed by atoms with Gasteiger partial charge in [0.25, 0.3) is 0 Å². The van der Waals surface area contributed by atoms with Gasteiger partial charge in [0, 0.05) is 28.9 Å². The van der Waals surface area contributed by atoms with Crippen molar-refractivity contribution in [1.29, 1.82) is 0 Å². The fraction of sp³-hybridized carbons (Fsp3) is 0.391. The first kappa shape index (κ1) is 24.6. The number of amides is 2. The molecule has 1 N–H and O–H groups in total. The molecule has 0 aliphatic heterocycles. The van der Waals surface area contributed by atoms with E-state index in [9.17, 15) is 9.59 Å². The van der Waals surface area contributed by atoms with E-state index in [0.29, 0.717) is 28.9 Å². The fourth-order valence-corrected chi connectivity index (χ4v) is 4.42. The highest BCUT2D eigenvalue weighted by Crippen LogP contribution is 2.25. The van der Waals surface area contributed by atoms with Crippen LogP contribution in [0.3, 0.4) is 0 Å². The van der Waals surface area contributed by atoms with Crippen molar-refractivity contribution >= 4 is 46.8 Å². The van der Waals surface area contributed by atoms with Crippen molar-refractivity contribution in [3.63, 3.8) is 0 Å². The van der Waals surface area contributed by atoms with Crippen LogP contribution in [0.15, 0.2) is 42.5 Å². The number of nitrogens with zero attached hydrogens (tertiary/aromatic N) is 1. The van der Waals surface area contributed by atoms with E-state index in [2.05, 4.69) is 5.32 Å². The highest BCUT2D eigenvalue weighted by atomic mass is 35.5. The minimum Gasteiger partial charge on any atom is -0.354 e. The van der Waals surface area contributed by atoms with Crippen LogP contribution in [0.1, 0.15) is 37.0 Å². The van der Waals surface area contributed by atoms with Crippen molar-refractivity contribution in [1.82, 2.24) is 10.2 Å². The summed E-state index contributed by atoms with van der Waals surface area (Å²) in [5.41, 5.74) is 3.05. The normalized spacial score (nSPS) is 11.8. The molecule has 0 saturated heterocycles. The average molecular weight is 467 g/mol. The summed E-state index contributed by atoms with van der Waals surface area (Å²) in [4.78, 5) is 27.2. The van der Waals surface area contributed by atoms with Gasteiger partial charge in [-0.05, 0) is 43.5 Å². The predicted octanol–water partition coefficient (Wildman–Crippen LogP) is 5.48. The lowest BCUT2D eigenvalue weighted by Crippen LogP contribution is -2.48. The van der Waals surface area contributed by atoms with E-state index >= 15 is 0 Å². The molecule has 162 valence electrons. The summed E-state index contributed by atoms with van der Waals surface area (Å²) in [7, 11) is 0. The van der Waals surface area contributed by atoms with Gasteiger partial charge in [0.15, 0.2) is 0 Å². The standard InChI is InChI=1S/C23H28Cl2N2O2S/c1-4-10-26-23(29)17(3)27(13-18-7-5-6-16(2)11-18)22(28)15-30-14-19-8-9-20(24)12-21(19)25/h5-9,11-12,17H,4,10,13-15H2,1-3H3,(H,26,29)/t17-/m1/s1.